The van der Waals surface area contributed by atoms with Crippen LogP contribution in [0.25, 0.3) is 0 Å². The number of halogens is 1. The number of aromatic nitrogens is 2. The van der Waals surface area contributed by atoms with Crippen molar-refractivity contribution in [2.75, 3.05) is 13.7 Å². The van der Waals surface area contributed by atoms with E-state index in [1.165, 1.54) is 4.88 Å². The molecule has 23 heavy (non-hydrogen) atoms. The van der Waals surface area contributed by atoms with E-state index in [-0.39, 0.29) is 24.0 Å². The molecule has 0 amide bonds. The van der Waals surface area contributed by atoms with E-state index in [4.69, 9.17) is 4.74 Å². The first-order valence-corrected chi connectivity index (χ1v) is 7.95. The van der Waals surface area contributed by atoms with Gasteiger partial charge in [0.05, 0.1) is 20.2 Å². The fraction of sp³-hybridized carbons (Fsp3) is 0.400. The van der Waals surface area contributed by atoms with Crippen molar-refractivity contribution in [3.8, 4) is 5.88 Å². The lowest BCUT2D eigenvalue weighted by Gasteiger charge is -2.10. The highest BCUT2D eigenvalue weighted by atomic mass is 127. The molecule has 126 valence electrons. The van der Waals surface area contributed by atoms with Gasteiger partial charge in [-0.05, 0) is 25.5 Å². The molecule has 6 nitrogen and oxygen atoms in total. The topological polar surface area (TPSA) is 71.4 Å². The standard InChI is InChI=1S/C15H21N5OS.HI/c1-4-16-15(20-10-14-18-8-11(2)22-14)19-9-12-5-6-17-13(7-12)21-3;/h5-8H,4,9-10H2,1-3H3,(H2,16,19,20);1H. The normalized spacial score (nSPS) is 10.8. The van der Waals surface area contributed by atoms with E-state index >= 15 is 0 Å². The van der Waals surface area contributed by atoms with Gasteiger partial charge in [0, 0.05) is 29.9 Å². The number of hydrogen-bond acceptors (Lipinski definition) is 5. The van der Waals surface area contributed by atoms with E-state index in [0.717, 1.165) is 23.1 Å². The predicted molar refractivity (Wildman–Crippen MR) is 105 cm³/mol. The summed E-state index contributed by atoms with van der Waals surface area (Å²) in [6.45, 7) is 6.13. The summed E-state index contributed by atoms with van der Waals surface area (Å²) in [6, 6.07) is 3.82. The molecule has 0 atom stereocenters. The third-order valence-corrected chi connectivity index (χ3v) is 3.76. The van der Waals surface area contributed by atoms with Crippen LogP contribution in [0.2, 0.25) is 0 Å². The highest BCUT2D eigenvalue weighted by molar-refractivity contribution is 14.0. The Balaban J connectivity index is 0.00000264. The van der Waals surface area contributed by atoms with Gasteiger partial charge in [0.2, 0.25) is 5.88 Å². The second-order valence-electron chi connectivity index (χ2n) is 4.62. The Hall–Kier alpha value is -1.42. The molecule has 0 saturated heterocycles. The maximum atomic E-state index is 5.12. The summed E-state index contributed by atoms with van der Waals surface area (Å²) in [5.74, 6) is 1.37. The van der Waals surface area contributed by atoms with Crippen molar-refractivity contribution < 1.29 is 4.74 Å². The molecule has 0 bridgehead atoms. The monoisotopic (exact) mass is 447 g/mol. The van der Waals surface area contributed by atoms with Crippen molar-refractivity contribution >= 4 is 41.3 Å². The summed E-state index contributed by atoms with van der Waals surface area (Å²) in [6.07, 6.45) is 3.61. The summed E-state index contributed by atoms with van der Waals surface area (Å²) < 4.78 is 5.12. The lowest BCUT2D eigenvalue weighted by Crippen LogP contribution is -2.36. The second-order valence-corrected chi connectivity index (χ2v) is 5.94. The van der Waals surface area contributed by atoms with Crippen molar-refractivity contribution in [3.63, 3.8) is 0 Å². The van der Waals surface area contributed by atoms with E-state index in [0.29, 0.717) is 19.0 Å². The summed E-state index contributed by atoms with van der Waals surface area (Å²) in [5.41, 5.74) is 1.05. The average Bonchev–Trinajstić information content (AvgIpc) is 2.96. The molecular weight excluding hydrogens is 425 g/mol. The molecule has 2 rings (SSSR count). The highest BCUT2D eigenvalue weighted by Gasteiger charge is 2.02. The van der Waals surface area contributed by atoms with Crippen LogP contribution in [0, 0.1) is 6.92 Å². The Labute approximate surface area is 157 Å². The highest BCUT2D eigenvalue weighted by Crippen LogP contribution is 2.11. The molecule has 2 aromatic rings. The smallest absolute Gasteiger partial charge is 0.213 e. The molecular formula is C15H22IN5OS. The first kappa shape index (κ1) is 19.6. The van der Waals surface area contributed by atoms with Gasteiger partial charge in [-0.2, -0.15) is 0 Å². The van der Waals surface area contributed by atoms with Crippen LogP contribution < -0.4 is 15.4 Å². The summed E-state index contributed by atoms with van der Waals surface area (Å²) in [5, 5.41) is 7.57. The molecule has 0 aliphatic heterocycles. The molecule has 0 aromatic carbocycles. The van der Waals surface area contributed by atoms with Crippen LogP contribution >= 0.6 is 35.3 Å². The maximum absolute atomic E-state index is 5.12. The number of ether oxygens (including phenoxy) is 1. The van der Waals surface area contributed by atoms with Crippen LogP contribution in [0.15, 0.2) is 29.5 Å². The molecule has 0 unspecified atom stereocenters. The van der Waals surface area contributed by atoms with E-state index in [9.17, 15) is 0 Å². The SMILES string of the molecule is CCNC(=NCc1ccnc(OC)c1)NCc1ncc(C)s1.I. The summed E-state index contributed by atoms with van der Waals surface area (Å²) >= 11 is 1.69. The number of pyridine rings is 1. The van der Waals surface area contributed by atoms with Crippen LogP contribution in [0.4, 0.5) is 0 Å². The second kappa shape index (κ2) is 10.4. The van der Waals surface area contributed by atoms with Gasteiger partial charge in [-0.15, -0.1) is 35.3 Å². The van der Waals surface area contributed by atoms with Crippen LogP contribution in [0.3, 0.4) is 0 Å². The summed E-state index contributed by atoms with van der Waals surface area (Å²) in [7, 11) is 1.61. The molecule has 2 N–H and O–H groups in total. The number of thiazole rings is 1. The zero-order chi connectivity index (χ0) is 15.8. The van der Waals surface area contributed by atoms with E-state index in [1.807, 2.05) is 25.3 Å². The number of nitrogens with zero attached hydrogens (tertiary/aromatic N) is 3. The zero-order valence-corrected chi connectivity index (χ0v) is 16.6. The minimum Gasteiger partial charge on any atom is -0.481 e. The average molecular weight is 447 g/mol. The van der Waals surface area contributed by atoms with Crippen molar-refractivity contribution in [3.05, 3.63) is 40.0 Å². The molecule has 2 aromatic heterocycles. The molecule has 0 aliphatic carbocycles. The number of nitrogens with one attached hydrogen (secondary N) is 2. The molecule has 2 heterocycles. The number of guanidine groups is 1. The predicted octanol–water partition coefficient (Wildman–Crippen LogP) is 2.73. The molecule has 0 radical (unpaired) electrons. The third-order valence-electron chi connectivity index (χ3n) is 2.85. The van der Waals surface area contributed by atoms with E-state index in [2.05, 4.69) is 32.5 Å². The van der Waals surface area contributed by atoms with Gasteiger partial charge in [-0.3, -0.25) is 0 Å². The number of aliphatic imine (C=N–C) groups is 1. The zero-order valence-electron chi connectivity index (χ0n) is 13.5. The Kier molecular flexibility index (Phi) is 8.85. The molecule has 0 fully saturated rings. The van der Waals surface area contributed by atoms with Gasteiger partial charge in [0.1, 0.15) is 5.01 Å². The summed E-state index contributed by atoms with van der Waals surface area (Å²) in [4.78, 5) is 14.2. The van der Waals surface area contributed by atoms with Crippen LogP contribution in [-0.2, 0) is 13.1 Å². The van der Waals surface area contributed by atoms with E-state index in [1.54, 1.807) is 24.6 Å². The lowest BCUT2D eigenvalue weighted by atomic mass is 10.3. The molecule has 8 heteroatoms. The number of rotatable bonds is 6. The minimum atomic E-state index is 0. The third kappa shape index (κ3) is 6.69. The van der Waals surface area contributed by atoms with Gasteiger partial charge in [-0.1, -0.05) is 0 Å². The van der Waals surface area contributed by atoms with E-state index < -0.39 is 0 Å². The quantitative estimate of drug-likeness (QED) is 0.405. The Bertz CT molecular complexity index is 632. The first-order valence-electron chi connectivity index (χ1n) is 7.13. The van der Waals surface area contributed by atoms with Crippen molar-refractivity contribution in [2.45, 2.75) is 26.9 Å². The largest absolute Gasteiger partial charge is 0.481 e. The Morgan fingerprint density at radius 3 is 2.83 bits per heavy atom. The Morgan fingerprint density at radius 1 is 1.35 bits per heavy atom. The van der Waals surface area contributed by atoms with Gasteiger partial charge in [0.25, 0.3) is 0 Å². The number of aryl methyl sites for hydroxylation is 1. The molecule has 0 spiro atoms. The number of hydrogen-bond donors (Lipinski definition) is 2. The van der Waals surface area contributed by atoms with Crippen molar-refractivity contribution in [2.24, 2.45) is 4.99 Å². The molecule has 0 aliphatic rings. The van der Waals surface area contributed by atoms with Gasteiger partial charge in [0.15, 0.2) is 5.96 Å². The fourth-order valence-electron chi connectivity index (χ4n) is 1.82. The lowest BCUT2D eigenvalue weighted by molar-refractivity contribution is 0.397. The molecule has 0 saturated carbocycles. The van der Waals surface area contributed by atoms with Crippen LogP contribution in [0.5, 0.6) is 5.88 Å². The maximum Gasteiger partial charge on any atom is 0.213 e. The van der Waals surface area contributed by atoms with Gasteiger partial charge < -0.3 is 15.4 Å². The Morgan fingerprint density at radius 2 is 2.17 bits per heavy atom. The fourth-order valence-corrected chi connectivity index (χ4v) is 2.54. The van der Waals surface area contributed by atoms with Crippen molar-refractivity contribution in [1.82, 2.24) is 20.6 Å². The van der Waals surface area contributed by atoms with Gasteiger partial charge >= 0.3 is 0 Å². The first-order chi connectivity index (χ1) is 10.7. The van der Waals surface area contributed by atoms with Gasteiger partial charge in [-0.25, -0.2) is 15.0 Å². The van der Waals surface area contributed by atoms with Crippen LogP contribution in [0.1, 0.15) is 22.4 Å². The van der Waals surface area contributed by atoms with Crippen LogP contribution in [-0.4, -0.2) is 29.6 Å². The minimum absolute atomic E-state index is 0. The van der Waals surface area contributed by atoms with Crippen molar-refractivity contribution in [1.29, 1.82) is 0 Å². The number of methoxy groups -OCH3 is 1.